The first-order chi connectivity index (χ1) is 10.7. The van der Waals surface area contributed by atoms with Gasteiger partial charge >= 0.3 is 7.12 Å². The first-order valence-electron chi connectivity index (χ1n) is 8.00. The van der Waals surface area contributed by atoms with E-state index in [9.17, 15) is 4.79 Å². The molecule has 0 bridgehead atoms. The fraction of sp³-hybridized carbons (Fsp3) is 0.588. The predicted octanol–water partition coefficient (Wildman–Crippen LogP) is 1.44. The van der Waals surface area contributed by atoms with Gasteiger partial charge in [0.25, 0.3) is 5.91 Å². The summed E-state index contributed by atoms with van der Waals surface area (Å²) >= 11 is 0. The van der Waals surface area contributed by atoms with E-state index in [1.807, 2.05) is 45.9 Å². The van der Waals surface area contributed by atoms with E-state index in [0.29, 0.717) is 18.5 Å². The molecule has 1 amide bonds. The summed E-state index contributed by atoms with van der Waals surface area (Å²) in [6, 6.07) is 7.35. The molecule has 1 aromatic carbocycles. The van der Waals surface area contributed by atoms with Crippen molar-refractivity contribution < 1.29 is 19.2 Å². The Labute approximate surface area is 138 Å². The second kappa shape index (κ2) is 6.63. The predicted molar refractivity (Wildman–Crippen MR) is 90.8 cm³/mol. The molecule has 0 aliphatic carbocycles. The third-order valence-corrected chi connectivity index (χ3v) is 4.66. The molecule has 126 valence electrons. The Bertz CT molecular complexity index is 557. The van der Waals surface area contributed by atoms with Crippen molar-refractivity contribution >= 4 is 18.5 Å². The normalized spacial score (nSPS) is 19.0. The van der Waals surface area contributed by atoms with Gasteiger partial charge in [-0.15, -0.1) is 0 Å². The van der Waals surface area contributed by atoms with Crippen molar-refractivity contribution in [2.24, 2.45) is 0 Å². The summed E-state index contributed by atoms with van der Waals surface area (Å²) in [7, 11) is 1.26. The lowest BCUT2D eigenvalue weighted by Gasteiger charge is -2.32. The largest absolute Gasteiger partial charge is 0.494 e. The third kappa shape index (κ3) is 3.76. The number of rotatable bonds is 5. The minimum atomic E-state index is -0.476. The molecular formula is C17H26BNO4. The van der Waals surface area contributed by atoms with Crippen LogP contribution in [0.25, 0.3) is 0 Å². The van der Waals surface area contributed by atoms with E-state index in [2.05, 4.69) is 0 Å². The molecule has 0 spiro atoms. The van der Waals surface area contributed by atoms with E-state index in [1.165, 1.54) is 0 Å². The zero-order valence-corrected chi connectivity index (χ0v) is 14.6. The van der Waals surface area contributed by atoms with Crippen LogP contribution in [0.2, 0.25) is 0 Å². The Morgan fingerprint density at radius 3 is 2.39 bits per heavy atom. The van der Waals surface area contributed by atoms with E-state index >= 15 is 0 Å². The van der Waals surface area contributed by atoms with E-state index < -0.39 is 18.3 Å². The van der Waals surface area contributed by atoms with Crippen LogP contribution >= 0.6 is 0 Å². The number of amides is 1. The fourth-order valence-electron chi connectivity index (χ4n) is 2.43. The quantitative estimate of drug-likeness (QED) is 0.835. The molecule has 0 unspecified atom stereocenters. The van der Waals surface area contributed by atoms with Crippen LogP contribution in [-0.2, 0) is 9.31 Å². The second-order valence-electron chi connectivity index (χ2n) is 7.02. The van der Waals surface area contributed by atoms with Gasteiger partial charge in [0, 0.05) is 25.8 Å². The molecule has 1 aromatic rings. The molecule has 0 radical (unpaired) electrons. The smallest absolute Gasteiger partial charge is 0.399 e. The molecule has 1 aliphatic heterocycles. The van der Waals surface area contributed by atoms with Crippen LogP contribution in [0.5, 0.6) is 0 Å². The fourth-order valence-corrected chi connectivity index (χ4v) is 2.43. The van der Waals surface area contributed by atoms with Crippen molar-refractivity contribution in [3.63, 3.8) is 0 Å². The van der Waals surface area contributed by atoms with Gasteiger partial charge in [-0.05, 0) is 51.7 Å². The molecule has 6 heteroatoms. The highest BCUT2D eigenvalue weighted by Crippen LogP contribution is 2.36. The molecule has 23 heavy (non-hydrogen) atoms. The topological polar surface area (TPSA) is 59.0 Å². The van der Waals surface area contributed by atoms with E-state index in [4.69, 9.17) is 14.4 Å². The van der Waals surface area contributed by atoms with Crippen molar-refractivity contribution in [1.82, 2.24) is 4.90 Å². The number of aliphatic hydroxyl groups is 1. The highest BCUT2D eigenvalue weighted by Gasteiger charge is 2.51. The van der Waals surface area contributed by atoms with Gasteiger partial charge in [0.05, 0.1) is 11.2 Å². The first-order valence-corrected chi connectivity index (χ1v) is 8.00. The molecule has 5 nitrogen and oxygen atoms in total. The van der Waals surface area contributed by atoms with Crippen LogP contribution in [0.15, 0.2) is 24.3 Å². The number of carbonyl (C=O) groups is 1. The van der Waals surface area contributed by atoms with Gasteiger partial charge in [-0.2, -0.15) is 0 Å². The molecule has 1 N–H and O–H groups in total. The summed E-state index contributed by atoms with van der Waals surface area (Å²) in [5.41, 5.74) is 0.619. The summed E-state index contributed by atoms with van der Waals surface area (Å²) in [6.07, 6.45) is 0.569. The van der Waals surface area contributed by atoms with Crippen LogP contribution in [-0.4, -0.2) is 54.4 Å². The maximum Gasteiger partial charge on any atom is 0.494 e. The summed E-state index contributed by atoms with van der Waals surface area (Å²) < 4.78 is 12.1. The number of hydrogen-bond acceptors (Lipinski definition) is 4. The van der Waals surface area contributed by atoms with Crippen molar-refractivity contribution in [3.8, 4) is 0 Å². The maximum absolute atomic E-state index is 12.4. The van der Waals surface area contributed by atoms with Crippen LogP contribution in [0.1, 0.15) is 44.5 Å². The Hall–Kier alpha value is -1.37. The Morgan fingerprint density at radius 1 is 1.22 bits per heavy atom. The summed E-state index contributed by atoms with van der Waals surface area (Å²) in [4.78, 5) is 14.0. The number of hydrogen-bond donors (Lipinski definition) is 1. The van der Waals surface area contributed by atoms with E-state index in [1.54, 1.807) is 18.0 Å². The van der Waals surface area contributed by atoms with Crippen LogP contribution < -0.4 is 5.46 Å². The average molecular weight is 319 g/mol. The summed E-state index contributed by atoms with van der Waals surface area (Å²) in [5.74, 6) is -0.0724. The molecule has 0 saturated carbocycles. The second-order valence-corrected chi connectivity index (χ2v) is 7.02. The van der Waals surface area contributed by atoms with Crippen LogP contribution in [0.4, 0.5) is 0 Å². The Morgan fingerprint density at radius 2 is 1.83 bits per heavy atom. The zero-order chi connectivity index (χ0) is 17.3. The molecule has 2 rings (SSSR count). The molecule has 0 aromatic heterocycles. The van der Waals surface area contributed by atoms with Gasteiger partial charge in [0.1, 0.15) is 0 Å². The zero-order valence-electron chi connectivity index (χ0n) is 14.6. The Kier molecular flexibility index (Phi) is 5.18. The molecule has 0 atom stereocenters. The molecule has 1 saturated heterocycles. The van der Waals surface area contributed by atoms with Crippen LogP contribution in [0, 0.1) is 0 Å². The van der Waals surface area contributed by atoms with Crippen LogP contribution in [0.3, 0.4) is 0 Å². The van der Waals surface area contributed by atoms with E-state index in [0.717, 1.165) is 5.46 Å². The van der Waals surface area contributed by atoms with Gasteiger partial charge in [0.2, 0.25) is 0 Å². The highest BCUT2D eigenvalue weighted by molar-refractivity contribution is 6.62. The summed E-state index contributed by atoms with van der Waals surface area (Å²) in [5, 5.41) is 8.88. The minimum Gasteiger partial charge on any atom is -0.399 e. The number of aliphatic hydroxyl groups excluding tert-OH is 1. The van der Waals surface area contributed by atoms with Gasteiger partial charge in [-0.1, -0.05) is 12.1 Å². The molecular weight excluding hydrogens is 293 g/mol. The number of benzene rings is 1. The molecule has 1 aliphatic rings. The molecule has 1 heterocycles. The Balaban J connectivity index is 2.16. The SMILES string of the molecule is CN(CCCO)C(=O)c1cccc(B2OC(C)(C)C(C)(C)O2)c1. The van der Waals surface area contributed by atoms with Crippen molar-refractivity contribution in [1.29, 1.82) is 0 Å². The molecule has 1 fully saturated rings. The first kappa shape index (κ1) is 18.0. The van der Waals surface area contributed by atoms with Gasteiger partial charge in [-0.3, -0.25) is 4.79 Å². The lowest BCUT2D eigenvalue weighted by atomic mass is 9.78. The van der Waals surface area contributed by atoms with Gasteiger partial charge < -0.3 is 19.3 Å². The lowest BCUT2D eigenvalue weighted by molar-refractivity contribution is 0.00578. The minimum absolute atomic E-state index is 0.0724. The van der Waals surface area contributed by atoms with Crippen molar-refractivity contribution in [2.45, 2.75) is 45.3 Å². The average Bonchev–Trinajstić information content (AvgIpc) is 2.72. The van der Waals surface area contributed by atoms with Gasteiger partial charge in [0.15, 0.2) is 0 Å². The van der Waals surface area contributed by atoms with Crippen molar-refractivity contribution in [3.05, 3.63) is 29.8 Å². The number of nitrogens with zero attached hydrogens (tertiary/aromatic N) is 1. The van der Waals surface area contributed by atoms with E-state index in [-0.39, 0.29) is 12.5 Å². The van der Waals surface area contributed by atoms with Gasteiger partial charge in [-0.25, -0.2) is 0 Å². The standard InChI is InChI=1S/C17H26BNO4/c1-16(2)17(3,4)23-18(22-16)14-9-6-8-13(12-14)15(21)19(5)10-7-11-20/h6,8-9,12,20H,7,10-11H2,1-5H3. The number of carbonyl (C=O) groups excluding carboxylic acids is 1. The third-order valence-electron chi connectivity index (χ3n) is 4.66. The summed E-state index contributed by atoms with van der Waals surface area (Å²) in [6.45, 7) is 8.62. The monoisotopic (exact) mass is 319 g/mol. The lowest BCUT2D eigenvalue weighted by Crippen LogP contribution is -2.41. The van der Waals surface area contributed by atoms with Crippen molar-refractivity contribution in [2.75, 3.05) is 20.2 Å². The maximum atomic E-state index is 12.4. The highest BCUT2D eigenvalue weighted by atomic mass is 16.7.